The van der Waals surface area contributed by atoms with Gasteiger partial charge in [-0.2, -0.15) is 13.2 Å². The van der Waals surface area contributed by atoms with Gasteiger partial charge in [0.2, 0.25) is 15.9 Å². The summed E-state index contributed by atoms with van der Waals surface area (Å²) in [6, 6.07) is 5.39. The summed E-state index contributed by atoms with van der Waals surface area (Å²) in [6.45, 7) is 0. The molecule has 33 heavy (non-hydrogen) atoms. The topological polar surface area (TPSA) is 99.0 Å². The summed E-state index contributed by atoms with van der Waals surface area (Å²) >= 11 is 0. The van der Waals surface area contributed by atoms with E-state index >= 15 is 0 Å². The van der Waals surface area contributed by atoms with Gasteiger partial charge in [-0.25, -0.2) is 18.1 Å². The first kappa shape index (κ1) is 23.2. The molecule has 12 heteroatoms. The Morgan fingerprint density at radius 2 is 1.91 bits per heavy atom. The first-order chi connectivity index (χ1) is 15.7. The number of methoxy groups -OCH3 is 1. The molecule has 2 heterocycles. The molecule has 2 atom stereocenters. The predicted molar refractivity (Wildman–Crippen MR) is 113 cm³/mol. The van der Waals surface area contributed by atoms with Crippen LogP contribution in [0.25, 0.3) is 11.1 Å². The zero-order valence-corrected chi connectivity index (χ0v) is 18.5. The Labute approximate surface area is 188 Å². The molecule has 1 aliphatic rings. The van der Waals surface area contributed by atoms with Crippen LogP contribution in [0.5, 0.6) is 5.88 Å². The third-order valence-electron chi connectivity index (χ3n) is 5.65. The van der Waals surface area contributed by atoms with Gasteiger partial charge >= 0.3 is 6.18 Å². The van der Waals surface area contributed by atoms with Crippen LogP contribution in [-0.4, -0.2) is 41.3 Å². The Bertz CT molecular complexity index is 1220. The van der Waals surface area contributed by atoms with Crippen molar-refractivity contribution < 1.29 is 26.3 Å². The van der Waals surface area contributed by atoms with Crippen LogP contribution in [0, 0.1) is 0 Å². The lowest BCUT2D eigenvalue weighted by atomic mass is 9.91. The number of halogens is 3. The lowest BCUT2D eigenvalue weighted by Gasteiger charge is -2.30. The van der Waals surface area contributed by atoms with Crippen LogP contribution in [-0.2, 0) is 16.2 Å². The summed E-state index contributed by atoms with van der Waals surface area (Å²) in [4.78, 5) is 3.53. The lowest BCUT2D eigenvalue weighted by Crippen LogP contribution is -2.38. The van der Waals surface area contributed by atoms with Crippen molar-refractivity contribution in [1.29, 1.82) is 0 Å². The van der Waals surface area contributed by atoms with Gasteiger partial charge in [-0.05, 0) is 61.6 Å². The molecule has 0 radical (unpaired) electrons. The highest BCUT2D eigenvalue weighted by Crippen LogP contribution is 2.37. The van der Waals surface area contributed by atoms with Gasteiger partial charge in [-0.3, -0.25) is 0 Å². The summed E-state index contributed by atoms with van der Waals surface area (Å²) in [7, 11) is -2.90. The second-order valence-electron chi connectivity index (χ2n) is 7.85. The fraction of sp³-hybridized carbons (Fsp3) is 0.381. The number of ether oxygens (including phenoxy) is 1. The molecule has 8 nitrogen and oxygen atoms in total. The van der Waals surface area contributed by atoms with E-state index in [1.54, 1.807) is 12.7 Å². The van der Waals surface area contributed by atoms with Crippen molar-refractivity contribution >= 4 is 10.0 Å². The predicted octanol–water partition coefficient (Wildman–Crippen LogP) is 3.83. The standard InChI is InChI=1S/C21H22F3N5O3S/c1-32-20-19(6-3-7-25-20)14-8-15(21(22,23)24)10-18(9-14)33(30,31)28-16-4-2-5-17(11-16)29-12-26-27-13-29/h3,6-10,12-13,16-17,28H,2,4-5,11H2,1H3/t16-,17+/m0/s1. The Balaban J connectivity index is 1.68. The summed E-state index contributed by atoms with van der Waals surface area (Å²) in [5.74, 6) is 0.0946. The van der Waals surface area contributed by atoms with Gasteiger partial charge in [0.1, 0.15) is 12.7 Å². The highest BCUT2D eigenvalue weighted by atomic mass is 32.2. The average Bonchev–Trinajstić information content (AvgIpc) is 3.33. The van der Waals surface area contributed by atoms with Crippen LogP contribution in [0.1, 0.15) is 37.3 Å². The van der Waals surface area contributed by atoms with Crippen LogP contribution in [0.4, 0.5) is 13.2 Å². The van der Waals surface area contributed by atoms with Crippen molar-refractivity contribution in [3.63, 3.8) is 0 Å². The molecule has 4 rings (SSSR count). The van der Waals surface area contributed by atoms with Crippen molar-refractivity contribution in [3.8, 4) is 17.0 Å². The molecule has 0 amide bonds. The van der Waals surface area contributed by atoms with Gasteiger partial charge < -0.3 is 9.30 Å². The highest BCUT2D eigenvalue weighted by molar-refractivity contribution is 7.89. The smallest absolute Gasteiger partial charge is 0.416 e. The van der Waals surface area contributed by atoms with Gasteiger partial charge in [0.25, 0.3) is 0 Å². The number of hydrogen-bond acceptors (Lipinski definition) is 6. The monoisotopic (exact) mass is 481 g/mol. The van der Waals surface area contributed by atoms with Crippen LogP contribution < -0.4 is 9.46 Å². The number of alkyl halides is 3. The molecule has 0 spiro atoms. The third-order valence-corrected chi connectivity index (χ3v) is 7.15. The van der Waals surface area contributed by atoms with E-state index in [9.17, 15) is 21.6 Å². The summed E-state index contributed by atoms with van der Waals surface area (Å²) in [6.07, 6.45) is 2.51. The van der Waals surface area contributed by atoms with Crippen molar-refractivity contribution in [2.75, 3.05) is 7.11 Å². The molecule has 0 bridgehead atoms. The second-order valence-corrected chi connectivity index (χ2v) is 9.57. The van der Waals surface area contributed by atoms with Gasteiger partial charge in [0.15, 0.2) is 0 Å². The van der Waals surface area contributed by atoms with Crippen LogP contribution in [0.15, 0.2) is 54.1 Å². The third kappa shape index (κ3) is 5.17. The molecule has 1 fully saturated rings. The van der Waals surface area contributed by atoms with Gasteiger partial charge in [-0.15, -0.1) is 10.2 Å². The molecule has 0 aliphatic heterocycles. The molecule has 176 valence electrons. The van der Waals surface area contributed by atoms with E-state index in [2.05, 4.69) is 19.9 Å². The summed E-state index contributed by atoms with van der Waals surface area (Å²) in [5.41, 5.74) is -0.772. The number of sulfonamides is 1. The van der Waals surface area contributed by atoms with Crippen LogP contribution in [0.3, 0.4) is 0 Å². The van der Waals surface area contributed by atoms with Crippen molar-refractivity contribution in [3.05, 3.63) is 54.7 Å². The van der Waals surface area contributed by atoms with Gasteiger partial charge in [0.05, 0.1) is 17.6 Å². The van der Waals surface area contributed by atoms with Crippen molar-refractivity contribution in [2.45, 2.75) is 48.8 Å². The highest BCUT2D eigenvalue weighted by Gasteiger charge is 2.34. The Hall–Kier alpha value is -2.99. The fourth-order valence-corrected chi connectivity index (χ4v) is 5.43. The van der Waals surface area contributed by atoms with E-state index in [0.717, 1.165) is 18.9 Å². The number of benzene rings is 1. The minimum Gasteiger partial charge on any atom is -0.481 e. The molecule has 3 aromatic rings. The average molecular weight is 482 g/mol. The zero-order chi connectivity index (χ0) is 23.6. The maximum absolute atomic E-state index is 13.6. The number of hydrogen-bond donors (Lipinski definition) is 1. The van der Waals surface area contributed by atoms with E-state index in [0.29, 0.717) is 18.9 Å². The number of aromatic nitrogens is 4. The van der Waals surface area contributed by atoms with E-state index in [1.165, 1.54) is 31.5 Å². The minimum absolute atomic E-state index is 0.0122. The number of rotatable bonds is 6. The minimum atomic E-state index is -4.74. The quantitative estimate of drug-likeness (QED) is 0.575. The summed E-state index contributed by atoms with van der Waals surface area (Å²) < 4.78 is 76.7. The van der Waals surface area contributed by atoms with Crippen LogP contribution in [0.2, 0.25) is 0 Å². The molecular weight excluding hydrogens is 459 g/mol. The number of nitrogens with one attached hydrogen (secondary N) is 1. The van der Waals surface area contributed by atoms with Crippen LogP contribution >= 0.6 is 0 Å². The van der Waals surface area contributed by atoms with E-state index in [1.807, 2.05) is 4.57 Å². The van der Waals surface area contributed by atoms with Gasteiger partial charge in [-0.1, -0.05) is 0 Å². The maximum atomic E-state index is 13.6. The van der Waals surface area contributed by atoms with Gasteiger partial charge in [0, 0.05) is 23.8 Å². The van der Waals surface area contributed by atoms with E-state index < -0.39 is 32.7 Å². The molecule has 0 saturated heterocycles. The second kappa shape index (κ2) is 9.10. The molecule has 1 saturated carbocycles. The normalized spacial score (nSPS) is 19.4. The number of pyridine rings is 1. The molecule has 2 aromatic heterocycles. The lowest BCUT2D eigenvalue weighted by molar-refractivity contribution is -0.137. The van der Waals surface area contributed by atoms with Crippen molar-refractivity contribution in [1.82, 2.24) is 24.5 Å². The molecule has 0 unspecified atom stereocenters. The Morgan fingerprint density at radius 1 is 1.15 bits per heavy atom. The molecular formula is C21H22F3N5O3S. The molecule has 1 aromatic carbocycles. The largest absolute Gasteiger partial charge is 0.481 e. The van der Waals surface area contributed by atoms with E-state index in [-0.39, 0.29) is 23.0 Å². The zero-order valence-electron chi connectivity index (χ0n) is 17.7. The maximum Gasteiger partial charge on any atom is 0.416 e. The Kier molecular flexibility index (Phi) is 6.39. The number of nitrogens with zero attached hydrogens (tertiary/aromatic N) is 4. The summed E-state index contributed by atoms with van der Waals surface area (Å²) in [5, 5.41) is 7.56. The van der Waals surface area contributed by atoms with Crippen molar-refractivity contribution in [2.24, 2.45) is 0 Å². The SMILES string of the molecule is COc1ncccc1-c1cc(C(F)(F)F)cc(S(=O)(=O)N[C@H]2CCC[C@@H](n3cnnc3)C2)c1. The molecule has 1 N–H and O–H groups in total. The van der Waals surface area contributed by atoms with E-state index in [4.69, 9.17) is 4.74 Å². The fourth-order valence-electron chi connectivity index (χ4n) is 4.07. The molecule has 1 aliphatic carbocycles. The first-order valence-corrected chi connectivity index (χ1v) is 11.7. The first-order valence-electron chi connectivity index (χ1n) is 10.3. The Morgan fingerprint density at radius 3 is 2.61 bits per heavy atom.